The first-order valence-electron chi connectivity index (χ1n) is 5.59. The summed E-state index contributed by atoms with van der Waals surface area (Å²) in [5.74, 6) is -0.775. The molecule has 1 aromatic heterocycles. The molecule has 0 amide bonds. The molecular weight excluding hydrogens is 204 g/mol. The van der Waals surface area contributed by atoms with E-state index in [-0.39, 0.29) is 0 Å². The van der Waals surface area contributed by atoms with Gasteiger partial charge in [-0.25, -0.2) is 0 Å². The summed E-state index contributed by atoms with van der Waals surface area (Å²) in [5.41, 5.74) is 1.05. The molecule has 0 aliphatic rings. The minimum atomic E-state index is -0.775. The van der Waals surface area contributed by atoms with E-state index in [1.54, 1.807) is 12.4 Å². The molecule has 4 heteroatoms. The number of aromatic nitrogens is 1. The van der Waals surface area contributed by atoms with E-state index < -0.39 is 12.0 Å². The van der Waals surface area contributed by atoms with Crippen molar-refractivity contribution in [3.05, 3.63) is 30.1 Å². The van der Waals surface area contributed by atoms with Crippen molar-refractivity contribution in [1.82, 2.24) is 10.3 Å². The van der Waals surface area contributed by atoms with Gasteiger partial charge in [0.25, 0.3) is 0 Å². The quantitative estimate of drug-likeness (QED) is 0.738. The van der Waals surface area contributed by atoms with Crippen LogP contribution in [0.5, 0.6) is 0 Å². The average Bonchev–Trinajstić information content (AvgIpc) is 2.30. The molecule has 88 valence electrons. The van der Waals surface area contributed by atoms with Gasteiger partial charge in [0.2, 0.25) is 0 Å². The predicted molar refractivity (Wildman–Crippen MR) is 62.0 cm³/mol. The highest BCUT2D eigenvalue weighted by atomic mass is 16.4. The first kappa shape index (κ1) is 12.6. The monoisotopic (exact) mass is 222 g/mol. The maximum Gasteiger partial charge on any atom is 0.320 e. The number of rotatable bonds is 7. The summed E-state index contributed by atoms with van der Waals surface area (Å²) in [5, 5.41) is 12.0. The van der Waals surface area contributed by atoms with Crippen molar-refractivity contribution < 1.29 is 9.90 Å². The van der Waals surface area contributed by atoms with E-state index in [0.717, 1.165) is 18.4 Å². The number of unbranched alkanes of at least 4 members (excludes halogenated alkanes) is 1. The first-order chi connectivity index (χ1) is 7.74. The van der Waals surface area contributed by atoms with Crippen LogP contribution in [0.1, 0.15) is 31.7 Å². The molecular formula is C12H18N2O2. The number of aliphatic carboxylic acids is 1. The second-order valence-corrected chi connectivity index (χ2v) is 3.77. The first-order valence-corrected chi connectivity index (χ1v) is 5.59. The Morgan fingerprint density at radius 3 is 2.75 bits per heavy atom. The zero-order valence-electron chi connectivity index (χ0n) is 9.52. The Kier molecular flexibility index (Phi) is 5.50. The molecule has 0 aliphatic carbocycles. The van der Waals surface area contributed by atoms with Crippen LogP contribution in [0.15, 0.2) is 24.5 Å². The number of nitrogens with one attached hydrogen (secondary N) is 1. The van der Waals surface area contributed by atoms with Crippen LogP contribution in [-0.2, 0) is 11.3 Å². The Balaban J connectivity index is 2.41. The summed E-state index contributed by atoms with van der Waals surface area (Å²) in [6.07, 6.45) is 6.04. The number of pyridine rings is 1. The molecule has 0 aliphatic heterocycles. The fourth-order valence-corrected chi connectivity index (χ4v) is 1.46. The molecule has 2 N–H and O–H groups in total. The van der Waals surface area contributed by atoms with Gasteiger partial charge in [-0.05, 0) is 24.1 Å². The van der Waals surface area contributed by atoms with E-state index >= 15 is 0 Å². The van der Waals surface area contributed by atoms with Crippen LogP contribution < -0.4 is 5.32 Å². The van der Waals surface area contributed by atoms with Crippen molar-refractivity contribution in [3.63, 3.8) is 0 Å². The minimum Gasteiger partial charge on any atom is -0.480 e. The Bertz CT molecular complexity index is 314. The lowest BCUT2D eigenvalue weighted by Crippen LogP contribution is -2.36. The zero-order valence-corrected chi connectivity index (χ0v) is 9.52. The van der Waals surface area contributed by atoms with Crippen LogP contribution in [0.2, 0.25) is 0 Å². The van der Waals surface area contributed by atoms with Gasteiger partial charge in [0.05, 0.1) is 0 Å². The van der Waals surface area contributed by atoms with Gasteiger partial charge in [-0.3, -0.25) is 9.78 Å². The van der Waals surface area contributed by atoms with Gasteiger partial charge in [-0.2, -0.15) is 0 Å². The number of carboxylic acids is 1. The van der Waals surface area contributed by atoms with Crippen molar-refractivity contribution in [2.75, 3.05) is 0 Å². The van der Waals surface area contributed by atoms with Gasteiger partial charge >= 0.3 is 5.97 Å². The molecule has 0 bridgehead atoms. The highest BCUT2D eigenvalue weighted by Crippen LogP contribution is 2.03. The summed E-state index contributed by atoms with van der Waals surface area (Å²) in [7, 11) is 0. The van der Waals surface area contributed by atoms with Crippen molar-refractivity contribution in [2.45, 2.75) is 38.8 Å². The third-order valence-electron chi connectivity index (χ3n) is 2.45. The third kappa shape index (κ3) is 4.40. The fourth-order valence-electron chi connectivity index (χ4n) is 1.46. The SMILES string of the molecule is CCCCC(NCc1ccncc1)C(=O)O. The average molecular weight is 222 g/mol. The highest BCUT2D eigenvalue weighted by Gasteiger charge is 2.15. The van der Waals surface area contributed by atoms with E-state index in [1.165, 1.54) is 0 Å². The van der Waals surface area contributed by atoms with Crippen molar-refractivity contribution in [2.24, 2.45) is 0 Å². The van der Waals surface area contributed by atoms with Gasteiger partial charge in [0, 0.05) is 18.9 Å². The van der Waals surface area contributed by atoms with Crippen molar-refractivity contribution in [1.29, 1.82) is 0 Å². The summed E-state index contributed by atoms with van der Waals surface area (Å²) < 4.78 is 0. The molecule has 0 spiro atoms. The molecule has 1 unspecified atom stereocenters. The fraction of sp³-hybridized carbons (Fsp3) is 0.500. The Morgan fingerprint density at radius 2 is 2.19 bits per heavy atom. The number of nitrogens with zero attached hydrogens (tertiary/aromatic N) is 1. The second kappa shape index (κ2) is 6.95. The second-order valence-electron chi connectivity index (χ2n) is 3.77. The lowest BCUT2D eigenvalue weighted by atomic mass is 10.1. The maximum atomic E-state index is 11.0. The van der Waals surface area contributed by atoms with E-state index in [1.807, 2.05) is 12.1 Å². The summed E-state index contributed by atoms with van der Waals surface area (Å²) in [4.78, 5) is 14.9. The lowest BCUT2D eigenvalue weighted by molar-refractivity contribution is -0.139. The molecule has 1 atom stereocenters. The summed E-state index contributed by atoms with van der Waals surface area (Å²) in [6.45, 7) is 2.63. The van der Waals surface area contributed by atoms with E-state index in [0.29, 0.717) is 13.0 Å². The molecule has 4 nitrogen and oxygen atoms in total. The molecule has 0 fully saturated rings. The largest absolute Gasteiger partial charge is 0.480 e. The van der Waals surface area contributed by atoms with Crippen LogP contribution in [0.3, 0.4) is 0 Å². The molecule has 0 aromatic carbocycles. The topological polar surface area (TPSA) is 62.2 Å². The standard InChI is InChI=1S/C12H18N2O2/c1-2-3-4-11(12(15)16)14-9-10-5-7-13-8-6-10/h5-8,11,14H,2-4,9H2,1H3,(H,15,16). The number of hydrogen-bond acceptors (Lipinski definition) is 3. The maximum absolute atomic E-state index is 11.0. The van der Waals surface area contributed by atoms with Crippen LogP contribution in [0.4, 0.5) is 0 Å². The van der Waals surface area contributed by atoms with Crippen LogP contribution >= 0.6 is 0 Å². The molecule has 0 saturated carbocycles. The predicted octanol–water partition coefficient (Wildman–Crippen LogP) is 1.81. The summed E-state index contributed by atoms with van der Waals surface area (Å²) in [6, 6.07) is 3.31. The van der Waals surface area contributed by atoms with Crippen molar-refractivity contribution >= 4 is 5.97 Å². The summed E-state index contributed by atoms with van der Waals surface area (Å²) >= 11 is 0. The number of carboxylic acid groups (broad SMARTS) is 1. The van der Waals surface area contributed by atoms with Crippen LogP contribution in [0.25, 0.3) is 0 Å². The number of carbonyl (C=O) groups is 1. The third-order valence-corrected chi connectivity index (χ3v) is 2.45. The van der Waals surface area contributed by atoms with Crippen LogP contribution in [0, 0.1) is 0 Å². The highest BCUT2D eigenvalue weighted by molar-refractivity contribution is 5.73. The molecule has 1 heterocycles. The van der Waals surface area contributed by atoms with Gasteiger partial charge < -0.3 is 10.4 Å². The lowest BCUT2D eigenvalue weighted by Gasteiger charge is -2.13. The molecule has 0 radical (unpaired) electrons. The van der Waals surface area contributed by atoms with Crippen LogP contribution in [-0.4, -0.2) is 22.1 Å². The zero-order chi connectivity index (χ0) is 11.8. The Labute approximate surface area is 95.7 Å². The number of hydrogen-bond donors (Lipinski definition) is 2. The van der Waals surface area contributed by atoms with Crippen molar-refractivity contribution in [3.8, 4) is 0 Å². The molecule has 1 rings (SSSR count). The van der Waals surface area contributed by atoms with Gasteiger partial charge in [0.15, 0.2) is 0 Å². The molecule has 0 saturated heterocycles. The smallest absolute Gasteiger partial charge is 0.320 e. The van der Waals surface area contributed by atoms with Gasteiger partial charge in [0.1, 0.15) is 6.04 Å². The Morgan fingerprint density at radius 1 is 1.50 bits per heavy atom. The normalized spacial score (nSPS) is 12.3. The van der Waals surface area contributed by atoms with E-state index in [4.69, 9.17) is 5.11 Å². The van der Waals surface area contributed by atoms with E-state index in [2.05, 4.69) is 17.2 Å². The minimum absolute atomic E-state index is 0.451. The molecule has 1 aromatic rings. The van der Waals surface area contributed by atoms with Gasteiger partial charge in [-0.1, -0.05) is 19.8 Å². The van der Waals surface area contributed by atoms with E-state index in [9.17, 15) is 4.79 Å². The Hall–Kier alpha value is -1.42. The molecule has 16 heavy (non-hydrogen) atoms. The van der Waals surface area contributed by atoms with Gasteiger partial charge in [-0.15, -0.1) is 0 Å².